The summed E-state index contributed by atoms with van der Waals surface area (Å²) < 4.78 is 10.2. The number of esters is 1. The van der Waals surface area contributed by atoms with E-state index < -0.39 is 16.8 Å². The summed E-state index contributed by atoms with van der Waals surface area (Å²) in [6, 6.07) is 11.1. The fourth-order valence-electron chi connectivity index (χ4n) is 3.14. The zero-order chi connectivity index (χ0) is 20.8. The molecule has 9 nitrogen and oxygen atoms in total. The number of amides is 1. The second kappa shape index (κ2) is 9.16. The first-order chi connectivity index (χ1) is 14.0. The lowest BCUT2D eigenvalue weighted by molar-refractivity contribution is -0.385. The van der Waals surface area contributed by atoms with Gasteiger partial charge in [-0.15, -0.1) is 0 Å². The molecule has 0 radical (unpaired) electrons. The molecule has 1 saturated heterocycles. The van der Waals surface area contributed by atoms with E-state index in [1.807, 2.05) is 0 Å². The predicted octanol–water partition coefficient (Wildman–Crippen LogP) is 2.40. The molecule has 0 saturated carbocycles. The number of ether oxygens (including phenoxy) is 2. The molecule has 0 aromatic heterocycles. The fourth-order valence-corrected chi connectivity index (χ4v) is 3.14. The van der Waals surface area contributed by atoms with Gasteiger partial charge in [0.15, 0.2) is 0 Å². The Bertz CT molecular complexity index is 924. The average molecular weight is 399 g/mol. The van der Waals surface area contributed by atoms with E-state index >= 15 is 0 Å². The number of nitro benzene ring substituents is 1. The van der Waals surface area contributed by atoms with Crippen LogP contribution in [0, 0.1) is 10.1 Å². The number of carbonyl (C=O) groups excluding carboxylic acids is 2. The standard InChI is InChI=1S/C20H21N3O6/c1-28-20(25)16-13-15(22-8-10-29-11-9-22)6-7-17(16)21-19(24)12-14-4-2-3-5-18(14)23(26)27/h2-7,13H,8-12H2,1H3,(H,21,24). The van der Waals surface area contributed by atoms with Crippen molar-refractivity contribution in [3.05, 3.63) is 63.7 Å². The molecule has 1 N–H and O–H groups in total. The van der Waals surface area contributed by atoms with Crippen LogP contribution in [0.25, 0.3) is 0 Å². The second-order valence-electron chi connectivity index (χ2n) is 6.43. The van der Waals surface area contributed by atoms with Gasteiger partial charge in [0.25, 0.3) is 5.69 Å². The molecule has 0 atom stereocenters. The van der Waals surface area contributed by atoms with E-state index in [0.717, 1.165) is 5.69 Å². The van der Waals surface area contributed by atoms with Crippen molar-refractivity contribution in [2.24, 2.45) is 0 Å². The van der Waals surface area contributed by atoms with Gasteiger partial charge in [-0.2, -0.15) is 0 Å². The van der Waals surface area contributed by atoms with Crippen molar-refractivity contribution in [1.82, 2.24) is 0 Å². The van der Waals surface area contributed by atoms with Gasteiger partial charge in [0, 0.05) is 30.4 Å². The summed E-state index contributed by atoms with van der Waals surface area (Å²) in [5.74, 6) is -1.05. The van der Waals surface area contributed by atoms with Gasteiger partial charge < -0.3 is 19.7 Å². The molecule has 152 valence electrons. The third-order valence-electron chi connectivity index (χ3n) is 4.60. The molecule has 0 aliphatic carbocycles. The number of morpholine rings is 1. The van der Waals surface area contributed by atoms with Gasteiger partial charge in [0.1, 0.15) is 0 Å². The summed E-state index contributed by atoms with van der Waals surface area (Å²) >= 11 is 0. The summed E-state index contributed by atoms with van der Waals surface area (Å²) in [5.41, 5.74) is 1.49. The van der Waals surface area contributed by atoms with E-state index in [0.29, 0.717) is 31.9 Å². The normalized spacial score (nSPS) is 13.6. The maximum atomic E-state index is 12.5. The number of para-hydroxylation sites is 1. The Labute approximate surface area is 167 Å². The van der Waals surface area contributed by atoms with Crippen LogP contribution in [0.1, 0.15) is 15.9 Å². The van der Waals surface area contributed by atoms with E-state index in [4.69, 9.17) is 9.47 Å². The number of nitrogens with one attached hydrogen (secondary N) is 1. The fraction of sp³-hybridized carbons (Fsp3) is 0.300. The summed E-state index contributed by atoms with van der Waals surface area (Å²) in [5, 5.41) is 13.8. The van der Waals surface area contributed by atoms with Gasteiger partial charge in [0.05, 0.1) is 42.9 Å². The summed E-state index contributed by atoms with van der Waals surface area (Å²) in [7, 11) is 1.27. The first-order valence-corrected chi connectivity index (χ1v) is 9.07. The average Bonchev–Trinajstić information content (AvgIpc) is 2.74. The number of anilines is 2. The zero-order valence-electron chi connectivity index (χ0n) is 15.9. The number of hydrogen-bond acceptors (Lipinski definition) is 7. The highest BCUT2D eigenvalue weighted by Crippen LogP contribution is 2.26. The Morgan fingerprint density at radius 2 is 1.93 bits per heavy atom. The van der Waals surface area contributed by atoms with Crippen LogP contribution in [0.3, 0.4) is 0 Å². The molecule has 1 aliphatic rings. The van der Waals surface area contributed by atoms with E-state index in [2.05, 4.69) is 10.2 Å². The molecule has 2 aromatic carbocycles. The van der Waals surface area contributed by atoms with Gasteiger partial charge >= 0.3 is 5.97 Å². The molecule has 1 fully saturated rings. The molecule has 0 unspecified atom stereocenters. The van der Waals surface area contributed by atoms with Gasteiger partial charge in [0.2, 0.25) is 5.91 Å². The topological polar surface area (TPSA) is 111 Å². The Morgan fingerprint density at radius 1 is 1.21 bits per heavy atom. The molecular formula is C20H21N3O6. The highest BCUT2D eigenvalue weighted by molar-refractivity contribution is 6.02. The largest absolute Gasteiger partial charge is 0.465 e. The van der Waals surface area contributed by atoms with Crippen LogP contribution < -0.4 is 10.2 Å². The third kappa shape index (κ3) is 4.88. The van der Waals surface area contributed by atoms with Crippen molar-refractivity contribution in [1.29, 1.82) is 0 Å². The van der Waals surface area contributed by atoms with E-state index in [1.54, 1.807) is 30.3 Å². The minimum atomic E-state index is -0.582. The molecule has 1 aliphatic heterocycles. The predicted molar refractivity (Wildman–Crippen MR) is 106 cm³/mol. The lowest BCUT2D eigenvalue weighted by Gasteiger charge is -2.29. The van der Waals surface area contributed by atoms with Crippen LogP contribution in [0.15, 0.2) is 42.5 Å². The van der Waals surface area contributed by atoms with E-state index in [1.165, 1.54) is 19.2 Å². The molecule has 3 rings (SSSR count). The SMILES string of the molecule is COC(=O)c1cc(N2CCOCC2)ccc1NC(=O)Cc1ccccc1[N+](=O)[O-]. The van der Waals surface area contributed by atoms with Gasteiger partial charge in [-0.25, -0.2) is 4.79 Å². The number of benzene rings is 2. The van der Waals surface area contributed by atoms with Crippen LogP contribution in [-0.4, -0.2) is 50.2 Å². The first kappa shape index (κ1) is 20.3. The molecule has 0 spiro atoms. The molecule has 1 heterocycles. The molecule has 1 amide bonds. The van der Waals surface area contributed by atoms with Crippen molar-refractivity contribution in [2.75, 3.05) is 43.6 Å². The second-order valence-corrected chi connectivity index (χ2v) is 6.43. The molecule has 2 aromatic rings. The van der Waals surface area contributed by atoms with Crippen LogP contribution >= 0.6 is 0 Å². The molecule has 0 bridgehead atoms. The minimum Gasteiger partial charge on any atom is -0.465 e. The van der Waals surface area contributed by atoms with Crippen LogP contribution in [-0.2, 0) is 20.7 Å². The number of methoxy groups -OCH3 is 1. The van der Waals surface area contributed by atoms with Crippen LogP contribution in [0.5, 0.6) is 0 Å². The van der Waals surface area contributed by atoms with E-state index in [9.17, 15) is 19.7 Å². The highest BCUT2D eigenvalue weighted by atomic mass is 16.6. The summed E-state index contributed by atoms with van der Waals surface area (Å²) in [6.45, 7) is 2.60. The number of carbonyl (C=O) groups is 2. The number of rotatable bonds is 6. The first-order valence-electron chi connectivity index (χ1n) is 9.07. The summed E-state index contributed by atoms with van der Waals surface area (Å²) in [4.78, 5) is 37.4. The van der Waals surface area contributed by atoms with Gasteiger partial charge in [-0.3, -0.25) is 14.9 Å². The minimum absolute atomic E-state index is 0.126. The lowest BCUT2D eigenvalue weighted by Crippen LogP contribution is -2.36. The number of hydrogen-bond donors (Lipinski definition) is 1. The Balaban J connectivity index is 1.81. The number of nitro groups is 1. The van der Waals surface area contributed by atoms with Gasteiger partial charge in [-0.1, -0.05) is 18.2 Å². The maximum absolute atomic E-state index is 12.5. The lowest BCUT2D eigenvalue weighted by atomic mass is 10.1. The van der Waals surface area contributed by atoms with Crippen LogP contribution in [0.2, 0.25) is 0 Å². The number of nitrogens with zero attached hydrogens (tertiary/aromatic N) is 2. The Morgan fingerprint density at radius 3 is 2.62 bits per heavy atom. The summed E-state index contributed by atoms with van der Waals surface area (Å²) in [6.07, 6.45) is -0.191. The Hall–Kier alpha value is -3.46. The monoisotopic (exact) mass is 399 g/mol. The van der Waals surface area contributed by atoms with Crippen molar-refractivity contribution in [2.45, 2.75) is 6.42 Å². The maximum Gasteiger partial charge on any atom is 0.340 e. The molecule has 9 heteroatoms. The third-order valence-corrected chi connectivity index (χ3v) is 4.60. The Kier molecular flexibility index (Phi) is 6.40. The van der Waals surface area contributed by atoms with Crippen molar-refractivity contribution in [3.8, 4) is 0 Å². The zero-order valence-corrected chi connectivity index (χ0v) is 15.9. The quantitative estimate of drug-likeness (QED) is 0.451. The van der Waals surface area contributed by atoms with Gasteiger partial charge in [-0.05, 0) is 18.2 Å². The van der Waals surface area contributed by atoms with Crippen LogP contribution in [0.4, 0.5) is 17.1 Å². The van der Waals surface area contributed by atoms with Crippen molar-refractivity contribution >= 4 is 28.9 Å². The van der Waals surface area contributed by atoms with E-state index in [-0.39, 0.29) is 23.4 Å². The van der Waals surface area contributed by atoms with Crippen molar-refractivity contribution < 1.29 is 24.0 Å². The highest BCUT2D eigenvalue weighted by Gasteiger charge is 2.20. The van der Waals surface area contributed by atoms with Crippen molar-refractivity contribution in [3.63, 3.8) is 0 Å². The molecule has 29 heavy (non-hydrogen) atoms. The molecular weight excluding hydrogens is 378 g/mol. The smallest absolute Gasteiger partial charge is 0.340 e.